The van der Waals surface area contributed by atoms with E-state index in [1.807, 2.05) is 0 Å². The Morgan fingerprint density at radius 3 is 2.77 bits per heavy atom. The fourth-order valence-corrected chi connectivity index (χ4v) is 3.52. The Hall–Kier alpha value is -2.18. The molecule has 0 spiro atoms. The molecule has 2 heterocycles. The molecule has 1 aromatic carbocycles. The highest BCUT2D eigenvalue weighted by Gasteiger charge is 2.26. The first-order chi connectivity index (χ1) is 12.6. The van der Waals surface area contributed by atoms with Crippen LogP contribution in [-0.4, -0.2) is 48.5 Å². The largest absolute Gasteiger partial charge is 0.464 e. The Labute approximate surface area is 154 Å². The molecule has 140 valence electrons. The minimum Gasteiger partial charge on any atom is -0.464 e. The molecular weight excluding hydrogens is 330 g/mol. The van der Waals surface area contributed by atoms with Crippen LogP contribution in [0.2, 0.25) is 0 Å². The van der Waals surface area contributed by atoms with E-state index in [0.717, 1.165) is 19.5 Å². The first-order valence-corrected chi connectivity index (χ1v) is 9.07. The molecule has 2 aromatic rings. The van der Waals surface area contributed by atoms with Crippen LogP contribution in [-0.2, 0) is 17.8 Å². The van der Waals surface area contributed by atoms with E-state index in [9.17, 15) is 4.79 Å². The Morgan fingerprint density at radius 2 is 2.08 bits per heavy atom. The molecule has 1 atom stereocenters. The number of oxazole rings is 1. The van der Waals surface area contributed by atoms with Crippen molar-refractivity contribution >= 4 is 5.97 Å². The molecule has 0 bridgehead atoms. The second-order valence-electron chi connectivity index (χ2n) is 7.08. The molecule has 1 aromatic heterocycles. The second-order valence-corrected chi connectivity index (χ2v) is 7.08. The highest BCUT2D eigenvalue weighted by Crippen LogP contribution is 2.32. The van der Waals surface area contributed by atoms with E-state index in [0.29, 0.717) is 18.5 Å². The number of ether oxygens (including phenoxy) is 1. The van der Waals surface area contributed by atoms with Crippen LogP contribution in [0.4, 0.5) is 0 Å². The number of hydrogen-bond donors (Lipinski definition) is 0. The van der Waals surface area contributed by atoms with Gasteiger partial charge in [0.05, 0.1) is 13.7 Å². The van der Waals surface area contributed by atoms with Gasteiger partial charge in [-0.15, -0.1) is 0 Å². The normalized spacial score (nSPS) is 18.2. The number of hydrogen-bond acceptors (Lipinski definition) is 6. The van der Waals surface area contributed by atoms with Gasteiger partial charge in [-0.1, -0.05) is 30.7 Å². The maximum Gasteiger partial charge on any atom is 0.360 e. The number of carbonyl (C=O) groups excluding carboxylic acids is 1. The van der Waals surface area contributed by atoms with Crippen molar-refractivity contribution in [3.05, 3.63) is 53.2 Å². The van der Waals surface area contributed by atoms with Gasteiger partial charge in [-0.2, -0.15) is 0 Å². The number of methoxy groups -OCH3 is 1. The SMILES string of the molecule is COC(=O)c1coc(CN2CCCCC2c2ccc(CN(C)C)cc2)n1. The van der Waals surface area contributed by atoms with Crippen LogP contribution in [0, 0.1) is 0 Å². The molecule has 1 saturated heterocycles. The predicted molar refractivity (Wildman–Crippen MR) is 98.7 cm³/mol. The summed E-state index contributed by atoms with van der Waals surface area (Å²) in [7, 11) is 5.50. The fourth-order valence-electron chi connectivity index (χ4n) is 3.52. The van der Waals surface area contributed by atoms with Gasteiger partial charge in [0.2, 0.25) is 5.89 Å². The minimum absolute atomic E-state index is 0.226. The number of aromatic nitrogens is 1. The van der Waals surface area contributed by atoms with Gasteiger partial charge in [0.1, 0.15) is 6.26 Å². The van der Waals surface area contributed by atoms with Crippen LogP contribution in [0.15, 0.2) is 34.9 Å². The summed E-state index contributed by atoms with van der Waals surface area (Å²) in [5, 5.41) is 0. The van der Waals surface area contributed by atoms with Gasteiger partial charge in [0, 0.05) is 12.6 Å². The summed E-state index contributed by atoms with van der Waals surface area (Å²) < 4.78 is 10.2. The molecule has 6 nitrogen and oxygen atoms in total. The molecule has 1 fully saturated rings. The summed E-state index contributed by atoms with van der Waals surface area (Å²) in [4.78, 5) is 20.4. The van der Waals surface area contributed by atoms with E-state index >= 15 is 0 Å². The Kier molecular flexibility index (Phi) is 6.06. The number of likely N-dealkylation sites (tertiary alicyclic amines) is 1. The van der Waals surface area contributed by atoms with E-state index in [4.69, 9.17) is 9.15 Å². The molecular formula is C20H27N3O3. The van der Waals surface area contributed by atoms with Gasteiger partial charge in [0.15, 0.2) is 5.69 Å². The van der Waals surface area contributed by atoms with E-state index in [2.05, 4.69) is 53.1 Å². The van der Waals surface area contributed by atoms with Crippen molar-refractivity contribution in [3.63, 3.8) is 0 Å². The van der Waals surface area contributed by atoms with Crippen molar-refractivity contribution in [3.8, 4) is 0 Å². The zero-order valence-corrected chi connectivity index (χ0v) is 15.8. The van der Waals surface area contributed by atoms with Crippen molar-refractivity contribution in [2.24, 2.45) is 0 Å². The molecule has 6 heteroatoms. The van der Waals surface area contributed by atoms with Crippen LogP contribution in [0.1, 0.15) is 52.8 Å². The molecule has 0 N–H and O–H groups in total. The van der Waals surface area contributed by atoms with Gasteiger partial charge >= 0.3 is 5.97 Å². The van der Waals surface area contributed by atoms with E-state index < -0.39 is 5.97 Å². The van der Waals surface area contributed by atoms with Gasteiger partial charge in [-0.3, -0.25) is 4.90 Å². The summed E-state index contributed by atoms with van der Waals surface area (Å²) in [5.74, 6) is 0.0909. The Morgan fingerprint density at radius 1 is 1.31 bits per heavy atom. The van der Waals surface area contributed by atoms with Gasteiger partial charge in [-0.05, 0) is 44.6 Å². The topological polar surface area (TPSA) is 58.8 Å². The van der Waals surface area contributed by atoms with Gasteiger partial charge in [-0.25, -0.2) is 9.78 Å². The number of nitrogens with zero attached hydrogens (tertiary/aromatic N) is 3. The fraction of sp³-hybridized carbons (Fsp3) is 0.500. The molecule has 0 aliphatic carbocycles. The molecule has 0 amide bonds. The average Bonchev–Trinajstić information content (AvgIpc) is 3.10. The minimum atomic E-state index is -0.466. The monoisotopic (exact) mass is 357 g/mol. The highest BCUT2D eigenvalue weighted by molar-refractivity contribution is 5.86. The summed E-state index contributed by atoms with van der Waals surface area (Å²) in [6.45, 7) is 2.54. The molecule has 1 unspecified atom stereocenters. The van der Waals surface area contributed by atoms with Crippen LogP contribution in [0.3, 0.4) is 0 Å². The lowest BCUT2D eigenvalue weighted by atomic mass is 9.94. The van der Waals surface area contributed by atoms with Crippen LogP contribution in [0.5, 0.6) is 0 Å². The molecule has 1 aliphatic heterocycles. The molecule has 0 radical (unpaired) electrons. The maximum absolute atomic E-state index is 11.6. The predicted octanol–water partition coefficient (Wildman–Crippen LogP) is 3.25. The average molecular weight is 357 g/mol. The summed E-state index contributed by atoms with van der Waals surface area (Å²) in [5.41, 5.74) is 2.87. The van der Waals surface area contributed by atoms with Crippen LogP contribution < -0.4 is 0 Å². The lowest BCUT2D eigenvalue weighted by Crippen LogP contribution is -2.33. The highest BCUT2D eigenvalue weighted by atomic mass is 16.5. The number of rotatable bonds is 6. The van der Waals surface area contributed by atoms with E-state index in [1.54, 1.807) is 0 Å². The number of piperidine rings is 1. The van der Waals surface area contributed by atoms with Crippen molar-refractivity contribution < 1.29 is 13.9 Å². The molecule has 26 heavy (non-hydrogen) atoms. The third kappa shape index (κ3) is 4.51. The summed E-state index contributed by atoms with van der Waals surface area (Å²) in [6.07, 6.45) is 4.88. The molecule has 3 rings (SSSR count). The smallest absolute Gasteiger partial charge is 0.360 e. The lowest BCUT2D eigenvalue weighted by Gasteiger charge is -2.35. The Balaban J connectivity index is 1.71. The van der Waals surface area contributed by atoms with Crippen molar-refractivity contribution in [2.75, 3.05) is 27.7 Å². The first kappa shape index (κ1) is 18.6. The quantitative estimate of drug-likeness (QED) is 0.740. The number of benzene rings is 1. The maximum atomic E-state index is 11.6. The Bertz CT molecular complexity index is 724. The number of esters is 1. The molecule has 0 saturated carbocycles. The van der Waals surface area contributed by atoms with Crippen molar-refractivity contribution in [2.45, 2.75) is 38.4 Å². The van der Waals surface area contributed by atoms with Crippen molar-refractivity contribution in [1.82, 2.24) is 14.8 Å². The lowest BCUT2D eigenvalue weighted by molar-refractivity contribution is 0.0593. The molecule has 1 aliphatic rings. The van der Waals surface area contributed by atoms with Crippen molar-refractivity contribution in [1.29, 1.82) is 0 Å². The zero-order chi connectivity index (χ0) is 18.5. The standard InChI is InChI=1S/C20H27N3O3/c1-22(2)12-15-7-9-16(10-8-15)18-6-4-5-11-23(18)13-19-21-17(14-26-19)20(24)25-3/h7-10,14,18H,4-6,11-13H2,1-3H3. The number of carbonyl (C=O) groups is 1. The van der Waals surface area contributed by atoms with E-state index in [-0.39, 0.29) is 5.69 Å². The van der Waals surface area contributed by atoms with E-state index in [1.165, 1.54) is 37.3 Å². The first-order valence-electron chi connectivity index (χ1n) is 9.07. The summed E-state index contributed by atoms with van der Waals surface area (Å²) >= 11 is 0. The third-order valence-corrected chi connectivity index (χ3v) is 4.76. The zero-order valence-electron chi connectivity index (χ0n) is 15.8. The van der Waals surface area contributed by atoms with Gasteiger partial charge in [0.25, 0.3) is 0 Å². The van der Waals surface area contributed by atoms with Crippen LogP contribution in [0.25, 0.3) is 0 Å². The third-order valence-electron chi connectivity index (χ3n) is 4.76. The van der Waals surface area contributed by atoms with Gasteiger partial charge < -0.3 is 14.1 Å². The van der Waals surface area contributed by atoms with Crippen LogP contribution >= 0.6 is 0 Å². The second kappa shape index (κ2) is 8.47. The summed E-state index contributed by atoms with van der Waals surface area (Å²) in [6, 6.07) is 9.24.